The zero-order chi connectivity index (χ0) is 15.1. The van der Waals surface area contributed by atoms with Crippen molar-refractivity contribution in [3.8, 4) is 0 Å². The molecule has 0 aromatic rings. The van der Waals surface area contributed by atoms with E-state index in [4.69, 9.17) is 0 Å². The van der Waals surface area contributed by atoms with Gasteiger partial charge in [-0.05, 0) is 51.1 Å². The Morgan fingerprint density at radius 3 is 2.43 bits per heavy atom. The Morgan fingerprint density at radius 1 is 1.10 bits per heavy atom. The van der Waals surface area contributed by atoms with Crippen LogP contribution in [-0.4, -0.2) is 34.6 Å². The quantitative estimate of drug-likeness (QED) is 0.761. The molecule has 1 N–H and O–H groups in total. The molecule has 0 amide bonds. The lowest BCUT2D eigenvalue weighted by molar-refractivity contribution is -0.141. The van der Waals surface area contributed by atoms with Gasteiger partial charge in [-0.25, -0.2) is 0 Å². The molecule has 1 aliphatic heterocycles. The van der Waals surface area contributed by atoms with E-state index in [9.17, 15) is 9.90 Å². The zero-order valence-electron chi connectivity index (χ0n) is 13.8. The zero-order valence-corrected chi connectivity index (χ0v) is 13.8. The van der Waals surface area contributed by atoms with Crippen molar-refractivity contribution >= 4 is 5.97 Å². The summed E-state index contributed by atoms with van der Waals surface area (Å²) in [4.78, 5) is 14.1. The van der Waals surface area contributed by atoms with Crippen molar-refractivity contribution < 1.29 is 9.90 Å². The van der Waals surface area contributed by atoms with Gasteiger partial charge in [0.1, 0.15) is 0 Å². The number of carboxylic acids is 1. The first-order chi connectivity index (χ1) is 10.2. The fraction of sp³-hybridized carbons (Fsp3) is 0.944. The molecule has 0 radical (unpaired) electrons. The summed E-state index contributed by atoms with van der Waals surface area (Å²) in [5, 5.41) is 9.47. The number of rotatable bonds is 5. The Kier molecular flexibility index (Phi) is 6.53. The van der Waals surface area contributed by atoms with E-state index in [1.165, 1.54) is 57.8 Å². The molecule has 2 rings (SSSR count). The second-order valence-corrected chi connectivity index (χ2v) is 7.28. The number of carboxylic acid groups (broad SMARTS) is 1. The Bertz CT molecular complexity index is 323. The van der Waals surface area contributed by atoms with Crippen LogP contribution in [0.1, 0.15) is 84.0 Å². The highest BCUT2D eigenvalue weighted by Gasteiger charge is 2.40. The molecule has 0 spiro atoms. The average Bonchev–Trinajstić information content (AvgIpc) is 2.81. The molecule has 0 bridgehead atoms. The Labute approximate surface area is 130 Å². The van der Waals surface area contributed by atoms with Gasteiger partial charge in [-0.15, -0.1) is 0 Å². The first-order valence-corrected chi connectivity index (χ1v) is 9.13. The van der Waals surface area contributed by atoms with Gasteiger partial charge in [0.25, 0.3) is 0 Å². The maximum Gasteiger partial charge on any atom is 0.305 e. The number of nitrogens with zero attached hydrogens (tertiary/aromatic N) is 1. The lowest BCUT2D eigenvalue weighted by atomic mass is 9.83. The highest BCUT2D eigenvalue weighted by Crippen LogP contribution is 2.39. The molecule has 3 nitrogen and oxygen atoms in total. The molecule has 1 saturated carbocycles. The van der Waals surface area contributed by atoms with Gasteiger partial charge in [0.2, 0.25) is 0 Å². The lowest BCUT2D eigenvalue weighted by Crippen LogP contribution is -2.50. The summed E-state index contributed by atoms with van der Waals surface area (Å²) in [6.07, 6.45) is 14.0. The average molecular weight is 295 g/mol. The van der Waals surface area contributed by atoms with Crippen molar-refractivity contribution in [3.63, 3.8) is 0 Å². The van der Waals surface area contributed by atoms with Crippen molar-refractivity contribution in [2.75, 3.05) is 13.1 Å². The number of hydrogen-bond donors (Lipinski definition) is 1. The molecule has 3 heteroatoms. The second kappa shape index (κ2) is 8.17. The van der Waals surface area contributed by atoms with E-state index < -0.39 is 5.97 Å². The van der Waals surface area contributed by atoms with Gasteiger partial charge in [0, 0.05) is 5.54 Å². The van der Waals surface area contributed by atoms with E-state index in [1.807, 2.05) is 0 Å². The molecule has 2 fully saturated rings. The maximum atomic E-state index is 11.5. The first kappa shape index (κ1) is 16.8. The molecule has 1 aliphatic carbocycles. The largest absolute Gasteiger partial charge is 0.481 e. The minimum Gasteiger partial charge on any atom is -0.481 e. The van der Waals surface area contributed by atoms with Gasteiger partial charge in [-0.3, -0.25) is 9.69 Å². The summed E-state index contributed by atoms with van der Waals surface area (Å²) in [6, 6.07) is 0. The Balaban J connectivity index is 2.10. The third-order valence-electron chi connectivity index (χ3n) is 5.73. The van der Waals surface area contributed by atoms with Crippen LogP contribution in [0.25, 0.3) is 0 Å². The molecule has 2 unspecified atom stereocenters. The summed E-state index contributed by atoms with van der Waals surface area (Å²) >= 11 is 0. The van der Waals surface area contributed by atoms with E-state index in [1.54, 1.807) is 0 Å². The van der Waals surface area contributed by atoms with E-state index in [0.717, 1.165) is 31.8 Å². The number of aliphatic carboxylic acids is 1. The Hall–Kier alpha value is -0.570. The monoisotopic (exact) mass is 295 g/mol. The predicted molar refractivity (Wildman–Crippen MR) is 86.5 cm³/mol. The third-order valence-corrected chi connectivity index (χ3v) is 5.73. The lowest BCUT2D eigenvalue weighted by Gasteiger charge is -2.43. The van der Waals surface area contributed by atoms with Gasteiger partial charge in [-0.1, -0.05) is 45.4 Å². The SMILES string of the molecule is CCCC1CCCC(CC(=O)O)(N2CCCCCC2)CC1. The van der Waals surface area contributed by atoms with Crippen LogP contribution in [-0.2, 0) is 4.79 Å². The first-order valence-electron chi connectivity index (χ1n) is 9.13. The van der Waals surface area contributed by atoms with Crippen molar-refractivity contribution in [3.05, 3.63) is 0 Å². The van der Waals surface area contributed by atoms with Crippen molar-refractivity contribution in [1.29, 1.82) is 0 Å². The van der Waals surface area contributed by atoms with Crippen molar-refractivity contribution in [1.82, 2.24) is 4.90 Å². The molecule has 0 aromatic carbocycles. The summed E-state index contributed by atoms with van der Waals surface area (Å²) in [5.74, 6) is 0.228. The van der Waals surface area contributed by atoms with Crippen LogP contribution in [0, 0.1) is 5.92 Å². The molecular formula is C18H33NO2. The maximum absolute atomic E-state index is 11.5. The fourth-order valence-electron chi connectivity index (χ4n) is 4.59. The van der Waals surface area contributed by atoms with E-state index in [2.05, 4.69) is 11.8 Å². The van der Waals surface area contributed by atoms with Crippen LogP contribution in [0.3, 0.4) is 0 Å². The van der Waals surface area contributed by atoms with Crippen molar-refractivity contribution in [2.45, 2.75) is 89.5 Å². The number of carbonyl (C=O) groups is 1. The normalized spacial score (nSPS) is 32.3. The molecule has 21 heavy (non-hydrogen) atoms. The molecule has 2 atom stereocenters. The smallest absolute Gasteiger partial charge is 0.305 e. The van der Waals surface area contributed by atoms with Gasteiger partial charge >= 0.3 is 5.97 Å². The second-order valence-electron chi connectivity index (χ2n) is 7.28. The van der Waals surface area contributed by atoms with Crippen LogP contribution in [0.2, 0.25) is 0 Å². The van der Waals surface area contributed by atoms with Crippen LogP contribution in [0.4, 0.5) is 0 Å². The van der Waals surface area contributed by atoms with Crippen LogP contribution < -0.4 is 0 Å². The van der Waals surface area contributed by atoms with E-state index in [0.29, 0.717) is 6.42 Å². The van der Waals surface area contributed by atoms with E-state index >= 15 is 0 Å². The molecule has 0 aromatic heterocycles. The van der Waals surface area contributed by atoms with Crippen molar-refractivity contribution in [2.24, 2.45) is 5.92 Å². The summed E-state index contributed by atoms with van der Waals surface area (Å²) in [6.45, 7) is 4.50. The minimum absolute atomic E-state index is 0.0430. The number of hydrogen-bond acceptors (Lipinski definition) is 2. The van der Waals surface area contributed by atoms with Gasteiger partial charge in [0.05, 0.1) is 6.42 Å². The molecule has 122 valence electrons. The predicted octanol–water partition coefficient (Wildman–Crippen LogP) is 4.46. The van der Waals surface area contributed by atoms with Crippen LogP contribution >= 0.6 is 0 Å². The fourth-order valence-corrected chi connectivity index (χ4v) is 4.59. The minimum atomic E-state index is -0.604. The highest BCUT2D eigenvalue weighted by molar-refractivity contribution is 5.68. The third kappa shape index (κ3) is 4.70. The highest BCUT2D eigenvalue weighted by atomic mass is 16.4. The molecular weight excluding hydrogens is 262 g/mol. The van der Waals surface area contributed by atoms with Gasteiger partial charge < -0.3 is 5.11 Å². The molecule has 2 aliphatic rings. The van der Waals surface area contributed by atoms with Gasteiger partial charge in [-0.2, -0.15) is 0 Å². The summed E-state index contributed by atoms with van der Waals surface area (Å²) in [5.41, 5.74) is -0.0430. The van der Waals surface area contributed by atoms with Crippen LogP contribution in [0.5, 0.6) is 0 Å². The van der Waals surface area contributed by atoms with Gasteiger partial charge in [0.15, 0.2) is 0 Å². The summed E-state index contributed by atoms with van der Waals surface area (Å²) in [7, 11) is 0. The van der Waals surface area contributed by atoms with E-state index in [-0.39, 0.29) is 5.54 Å². The Morgan fingerprint density at radius 2 is 1.81 bits per heavy atom. The molecule has 1 saturated heterocycles. The topological polar surface area (TPSA) is 40.5 Å². The van der Waals surface area contributed by atoms with Crippen LogP contribution in [0.15, 0.2) is 0 Å². The molecule has 1 heterocycles. The number of likely N-dealkylation sites (tertiary alicyclic amines) is 1. The summed E-state index contributed by atoms with van der Waals surface area (Å²) < 4.78 is 0. The standard InChI is InChI=1S/C18H33NO2/c1-2-8-16-9-7-11-18(12-10-16,15-17(20)21)19-13-5-3-4-6-14-19/h16H,2-15H2,1H3,(H,20,21).